The van der Waals surface area contributed by atoms with Gasteiger partial charge in [0, 0.05) is 6.42 Å². The van der Waals surface area contributed by atoms with E-state index in [0.29, 0.717) is 12.2 Å². The summed E-state index contributed by atoms with van der Waals surface area (Å²) >= 11 is 0. The van der Waals surface area contributed by atoms with Crippen molar-refractivity contribution in [2.45, 2.75) is 38.0 Å². The predicted octanol–water partition coefficient (Wildman–Crippen LogP) is 3.09. The van der Waals surface area contributed by atoms with E-state index in [1.165, 1.54) is 12.0 Å². The molecule has 0 heterocycles. The fourth-order valence-electron chi connectivity index (χ4n) is 2.35. The molecule has 1 heteroatoms. The second-order valence-corrected chi connectivity index (χ2v) is 4.08. The summed E-state index contributed by atoms with van der Waals surface area (Å²) in [6.45, 7) is 1.96. The molecule has 0 N–H and O–H groups in total. The second kappa shape index (κ2) is 3.56. The molecule has 1 aliphatic rings. The molecule has 0 bridgehead atoms. The first-order chi connectivity index (χ1) is 6.79. The van der Waals surface area contributed by atoms with Gasteiger partial charge in [0.05, 0.1) is 5.41 Å². The van der Waals surface area contributed by atoms with E-state index in [-0.39, 0.29) is 5.41 Å². The Labute approximate surface area is 85.1 Å². The largest absolute Gasteiger partial charge is 0.299 e. The van der Waals surface area contributed by atoms with Gasteiger partial charge in [0.15, 0.2) is 0 Å². The van der Waals surface area contributed by atoms with Gasteiger partial charge in [-0.05, 0) is 18.4 Å². The minimum atomic E-state index is -0.115. The fraction of sp³-hybridized carbons (Fsp3) is 0.462. The third-order valence-corrected chi connectivity index (χ3v) is 3.39. The van der Waals surface area contributed by atoms with Crippen molar-refractivity contribution in [3.8, 4) is 0 Å². The molecular weight excluding hydrogens is 172 g/mol. The lowest BCUT2D eigenvalue weighted by Gasteiger charge is -2.40. The van der Waals surface area contributed by atoms with Crippen LogP contribution in [0.5, 0.6) is 0 Å². The first kappa shape index (κ1) is 9.45. The summed E-state index contributed by atoms with van der Waals surface area (Å²) in [5.74, 6) is 0.412. The van der Waals surface area contributed by atoms with Crippen LogP contribution in [0.1, 0.15) is 38.2 Å². The number of Topliss-reactive ketones (excluding diaryl/α,β-unsaturated/α-hetero) is 1. The van der Waals surface area contributed by atoms with Crippen molar-refractivity contribution in [1.82, 2.24) is 0 Å². The van der Waals surface area contributed by atoms with Gasteiger partial charge in [-0.25, -0.2) is 0 Å². The molecular formula is C13H16O. The molecule has 0 unspecified atom stereocenters. The zero-order valence-electron chi connectivity index (χ0n) is 8.62. The lowest BCUT2D eigenvalue weighted by atomic mass is 9.61. The Hall–Kier alpha value is -1.11. The highest BCUT2D eigenvalue weighted by molar-refractivity contribution is 5.90. The highest BCUT2D eigenvalue weighted by Crippen LogP contribution is 2.44. The maximum absolute atomic E-state index is 11.9. The van der Waals surface area contributed by atoms with E-state index in [0.717, 1.165) is 12.8 Å². The lowest BCUT2D eigenvalue weighted by molar-refractivity contribution is -0.127. The highest BCUT2D eigenvalue weighted by Gasteiger charge is 2.43. The van der Waals surface area contributed by atoms with Crippen molar-refractivity contribution in [2.75, 3.05) is 0 Å². The number of hydrogen-bond acceptors (Lipinski definition) is 1. The first-order valence-electron chi connectivity index (χ1n) is 5.38. The Morgan fingerprint density at radius 2 is 1.93 bits per heavy atom. The Bertz CT molecular complexity index is 322. The summed E-state index contributed by atoms with van der Waals surface area (Å²) in [7, 11) is 0. The molecule has 0 saturated heterocycles. The normalized spacial score (nSPS) is 18.6. The first-order valence-corrected chi connectivity index (χ1v) is 5.38. The molecule has 74 valence electrons. The second-order valence-electron chi connectivity index (χ2n) is 4.08. The van der Waals surface area contributed by atoms with Gasteiger partial charge in [-0.3, -0.25) is 4.79 Å². The summed E-state index contributed by atoms with van der Waals surface area (Å²) in [6.07, 6.45) is 3.95. The zero-order chi connectivity index (χ0) is 10.0. The standard InChI is InChI=1S/C13H16O/c1-2-12(14)13(9-6-10-13)11-7-4-3-5-8-11/h3-5,7-8H,2,6,9-10H2,1H3. The van der Waals surface area contributed by atoms with Crippen molar-refractivity contribution >= 4 is 5.78 Å². The highest BCUT2D eigenvalue weighted by atomic mass is 16.1. The minimum Gasteiger partial charge on any atom is -0.299 e. The summed E-state index contributed by atoms with van der Waals surface area (Å²) in [4.78, 5) is 11.9. The van der Waals surface area contributed by atoms with Gasteiger partial charge in [-0.1, -0.05) is 43.7 Å². The van der Waals surface area contributed by atoms with E-state index in [4.69, 9.17) is 0 Å². The molecule has 14 heavy (non-hydrogen) atoms. The topological polar surface area (TPSA) is 17.1 Å². The van der Waals surface area contributed by atoms with Crippen LogP contribution in [0, 0.1) is 0 Å². The maximum atomic E-state index is 11.9. The van der Waals surface area contributed by atoms with Crippen LogP contribution < -0.4 is 0 Å². The fourth-order valence-corrected chi connectivity index (χ4v) is 2.35. The Morgan fingerprint density at radius 1 is 1.29 bits per heavy atom. The molecule has 1 aromatic carbocycles. The van der Waals surface area contributed by atoms with E-state index in [1.807, 2.05) is 25.1 Å². The molecule has 0 spiro atoms. The van der Waals surface area contributed by atoms with Gasteiger partial charge < -0.3 is 0 Å². The molecule has 0 radical (unpaired) electrons. The molecule has 0 amide bonds. The number of carbonyl (C=O) groups excluding carboxylic acids is 1. The molecule has 1 fully saturated rings. The van der Waals surface area contributed by atoms with Gasteiger partial charge in [-0.2, -0.15) is 0 Å². The Balaban J connectivity index is 2.34. The maximum Gasteiger partial charge on any atom is 0.143 e. The van der Waals surface area contributed by atoms with Crippen LogP contribution >= 0.6 is 0 Å². The minimum absolute atomic E-state index is 0.115. The molecule has 1 aromatic rings. The number of ketones is 1. The van der Waals surface area contributed by atoms with Gasteiger partial charge in [-0.15, -0.1) is 0 Å². The van der Waals surface area contributed by atoms with E-state index in [2.05, 4.69) is 12.1 Å². The number of hydrogen-bond donors (Lipinski definition) is 0. The smallest absolute Gasteiger partial charge is 0.143 e. The quantitative estimate of drug-likeness (QED) is 0.712. The Morgan fingerprint density at radius 3 is 2.36 bits per heavy atom. The van der Waals surface area contributed by atoms with Crippen molar-refractivity contribution in [2.24, 2.45) is 0 Å². The third kappa shape index (κ3) is 1.28. The Kier molecular flexibility index (Phi) is 2.40. The monoisotopic (exact) mass is 188 g/mol. The van der Waals surface area contributed by atoms with Crippen LogP contribution in [0.3, 0.4) is 0 Å². The molecule has 0 aliphatic heterocycles. The van der Waals surface area contributed by atoms with Gasteiger partial charge in [0.25, 0.3) is 0 Å². The van der Waals surface area contributed by atoms with Gasteiger partial charge in [0.2, 0.25) is 0 Å². The van der Waals surface area contributed by atoms with Crippen LogP contribution in [0.4, 0.5) is 0 Å². The predicted molar refractivity (Wildman–Crippen MR) is 57.3 cm³/mol. The molecule has 0 aromatic heterocycles. The van der Waals surface area contributed by atoms with E-state index < -0.39 is 0 Å². The van der Waals surface area contributed by atoms with Crippen LogP contribution in [-0.4, -0.2) is 5.78 Å². The van der Waals surface area contributed by atoms with Crippen LogP contribution in [0.25, 0.3) is 0 Å². The average Bonchev–Trinajstić information content (AvgIpc) is 2.17. The van der Waals surface area contributed by atoms with Gasteiger partial charge >= 0.3 is 0 Å². The van der Waals surface area contributed by atoms with E-state index >= 15 is 0 Å². The SMILES string of the molecule is CCC(=O)C1(c2ccccc2)CCC1. The van der Waals surface area contributed by atoms with Crippen LogP contribution in [0.2, 0.25) is 0 Å². The molecule has 1 nitrogen and oxygen atoms in total. The lowest BCUT2D eigenvalue weighted by Crippen LogP contribution is -2.42. The van der Waals surface area contributed by atoms with Crippen molar-refractivity contribution in [1.29, 1.82) is 0 Å². The summed E-state index contributed by atoms with van der Waals surface area (Å²) in [6, 6.07) is 10.2. The molecule has 0 atom stereocenters. The van der Waals surface area contributed by atoms with Crippen LogP contribution in [0.15, 0.2) is 30.3 Å². The van der Waals surface area contributed by atoms with E-state index in [9.17, 15) is 4.79 Å². The average molecular weight is 188 g/mol. The van der Waals surface area contributed by atoms with Crippen molar-refractivity contribution in [3.05, 3.63) is 35.9 Å². The third-order valence-electron chi connectivity index (χ3n) is 3.39. The van der Waals surface area contributed by atoms with Gasteiger partial charge in [0.1, 0.15) is 5.78 Å². The van der Waals surface area contributed by atoms with Crippen LogP contribution in [-0.2, 0) is 10.2 Å². The number of rotatable bonds is 3. The summed E-state index contributed by atoms with van der Waals surface area (Å²) < 4.78 is 0. The number of carbonyl (C=O) groups is 1. The molecule has 1 saturated carbocycles. The molecule has 2 rings (SSSR count). The summed E-state index contributed by atoms with van der Waals surface area (Å²) in [5.41, 5.74) is 1.11. The molecule has 1 aliphatic carbocycles. The zero-order valence-corrected chi connectivity index (χ0v) is 8.62. The van der Waals surface area contributed by atoms with E-state index in [1.54, 1.807) is 0 Å². The number of benzene rings is 1. The van der Waals surface area contributed by atoms with Crippen molar-refractivity contribution < 1.29 is 4.79 Å². The van der Waals surface area contributed by atoms with Crippen molar-refractivity contribution in [3.63, 3.8) is 0 Å². The summed E-state index contributed by atoms with van der Waals surface area (Å²) in [5, 5.41) is 0.